The Balaban J connectivity index is 1.31. The Bertz CT molecular complexity index is 1120. The van der Waals surface area contributed by atoms with Crippen LogP contribution in [0.15, 0.2) is 73.3 Å². The van der Waals surface area contributed by atoms with Gasteiger partial charge in [0, 0.05) is 24.2 Å². The number of hydrogen-bond donors (Lipinski definition) is 0. The summed E-state index contributed by atoms with van der Waals surface area (Å²) in [6, 6.07) is 17.3. The van der Waals surface area contributed by atoms with Crippen molar-refractivity contribution in [1.82, 2.24) is 19.7 Å². The molecule has 0 aliphatic heterocycles. The van der Waals surface area contributed by atoms with E-state index in [2.05, 4.69) is 58.4 Å². The number of nitrogens with zero attached hydrogens (tertiary/aromatic N) is 4. The fourth-order valence-electron chi connectivity index (χ4n) is 3.78. The zero-order valence-electron chi connectivity index (χ0n) is 16.5. The highest BCUT2D eigenvalue weighted by Gasteiger charge is 2.45. The van der Waals surface area contributed by atoms with Crippen LogP contribution in [0.1, 0.15) is 29.5 Å². The van der Waals surface area contributed by atoms with E-state index in [9.17, 15) is 0 Å². The summed E-state index contributed by atoms with van der Waals surface area (Å²) >= 11 is 0. The maximum Gasteiger partial charge on any atom is 0.237 e. The van der Waals surface area contributed by atoms with Crippen LogP contribution in [-0.2, 0) is 12.5 Å². The van der Waals surface area contributed by atoms with E-state index in [4.69, 9.17) is 4.74 Å². The van der Waals surface area contributed by atoms with Crippen LogP contribution in [0.2, 0.25) is 0 Å². The highest BCUT2D eigenvalue weighted by molar-refractivity contribution is 5.55. The van der Waals surface area contributed by atoms with Crippen LogP contribution in [0.4, 0.5) is 0 Å². The van der Waals surface area contributed by atoms with Crippen molar-refractivity contribution in [3.05, 3.63) is 90.0 Å². The normalized spacial score (nSPS) is 14.6. The Labute approximate surface area is 170 Å². The van der Waals surface area contributed by atoms with Gasteiger partial charge in [-0.15, -0.1) is 0 Å². The predicted molar refractivity (Wildman–Crippen MR) is 112 cm³/mol. The number of rotatable bonds is 5. The third-order valence-corrected chi connectivity index (χ3v) is 5.61. The van der Waals surface area contributed by atoms with Crippen LogP contribution >= 0.6 is 0 Å². The standard InChI is InChI=1S/C24H22N4O/c1-17-3-5-19(6-4-17)24(11-12-24)20-7-9-21(10-8-20)29-23-15-25-22(14-26-23)18-13-27-28(2)16-18/h3-10,13-16H,11-12H2,1-2H3. The molecule has 0 radical (unpaired) electrons. The molecule has 0 unspecified atom stereocenters. The molecule has 1 saturated carbocycles. The lowest BCUT2D eigenvalue weighted by atomic mass is 9.88. The minimum atomic E-state index is 0.164. The van der Waals surface area contributed by atoms with Gasteiger partial charge in [0.05, 0.1) is 24.3 Å². The second kappa shape index (κ2) is 6.85. The number of hydrogen-bond acceptors (Lipinski definition) is 4. The van der Waals surface area contributed by atoms with Crippen molar-refractivity contribution in [2.24, 2.45) is 7.05 Å². The molecule has 0 spiro atoms. The fraction of sp³-hybridized carbons (Fsp3) is 0.208. The van der Waals surface area contributed by atoms with Crippen LogP contribution < -0.4 is 4.74 Å². The van der Waals surface area contributed by atoms with Gasteiger partial charge >= 0.3 is 0 Å². The molecule has 144 valence electrons. The topological polar surface area (TPSA) is 52.8 Å². The SMILES string of the molecule is Cc1ccc(C2(c3ccc(Oc4cnc(-c5cnn(C)c5)cn4)cc3)CC2)cc1. The van der Waals surface area contributed by atoms with Gasteiger partial charge in [-0.2, -0.15) is 5.10 Å². The van der Waals surface area contributed by atoms with Gasteiger partial charge in [0.2, 0.25) is 5.88 Å². The smallest absolute Gasteiger partial charge is 0.237 e. The summed E-state index contributed by atoms with van der Waals surface area (Å²) in [5, 5.41) is 4.16. The molecule has 1 aliphatic rings. The molecule has 5 nitrogen and oxygen atoms in total. The van der Waals surface area contributed by atoms with E-state index in [1.54, 1.807) is 23.3 Å². The Hall–Kier alpha value is -3.47. The van der Waals surface area contributed by atoms with Crippen LogP contribution in [0.5, 0.6) is 11.6 Å². The van der Waals surface area contributed by atoms with E-state index in [0.717, 1.165) is 17.0 Å². The van der Waals surface area contributed by atoms with Crippen molar-refractivity contribution in [2.45, 2.75) is 25.2 Å². The predicted octanol–water partition coefficient (Wildman–Crippen LogP) is 5.06. The Morgan fingerprint density at radius 2 is 1.55 bits per heavy atom. The molecule has 0 saturated heterocycles. The van der Waals surface area contributed by atoms with E-state index >= 15 is 0 Å². The van der Waals surface area contributed by atoms with Crippen LogP contribution in [0.3, 0.4) is 0 Å². The monoisotopic (exact) mass is 382 g/mol. The Kier molecular flexibility index (Phi) is 4.16. The second-order valence-corrected chi connectivity index (χ2v) is 7.72. The fourth-order valence-corrected chi connectivity index (χ4v) is 3.78. The lowest BCUT2D eigenvalue weighted by Gasteiger charge is -2.17. The minimum absolute atomic E-state index is 0.164. The van der Waals surface area contributed by atoms with Gasteiger partial charge in [-0.25, -0.2) is 9.97 Å². The molecule has 2 aromatic heterocycles. The molecule has 0 atom stereocenters. The lowest BCUT2D eigenvalue weighted by molar-refractivity contribution is 0.460. The number of benzene rings is 2. The zero-order valence-corrected chi connectivity index (χ0v) is 16.5. The van der Waals surface area contributed by atoms with Gasteiger partial charge < -0.3 is 4.74 Å². The molecular weight excluding hydrogens is 360 g/mol. The zero-order chi connectivity index (χ0) is 19.8. The van der Waals surface area contributed by atoms with Gasteiger partial charge in [0.25, 0.3) is 0 Å². The van der Waals surface area contributed by atoms with Crippen LogP contribution in [-0.4, -0.2) is 19.7 Å². The molecule has 2 heterocycles. The molecule has 5 rings (SSSR count). The molecule has 1 aliphatic carbocycles. The van der Waals surface area contributed by atoms with Gasteiger partial charge in [0.1, 0.15) is 5.75 Å². The van der Waals surface area contributed by atoms with Gasteiger partial charge in [0.15, 0.2) is 0 Å². The molecule has 0 amide bonds. The van der Waals surface area contributed by atoms with E-state index in [0.29, 0.717) is 5.88 Å². The molecule has 0 bridgehead atoms. The van der Waals surface area contributed by atoms with Crippen molar-refractivity contribution in [3.8, 4) is 22.9 Å². The summed E-state index contributed by atoms with van der Waals surface area (Å²) in [5.41, 5.74) is 5.90. The molecule has 29 heavy (non-hydrogen) atoms. The first-order valence-corrected chi connectivity index (χ1v) is 9.79. The Morgan fingerprint density at radius 3 is 2.10 bits per heavy atom. The maximum absolute atomic E-state index is 5.89. The summed E-state index contributed by atoms with van der Waals surface area (Å²) < 4.78 is 7.63. The average molecular weight is 382 g/mol. The highest BCUT2D eigenvalue weighted by atomic mass is 16.5. The summed E-state index contributed by atoms with van der Waals surface area (Å²) in [6.45, 7) is 2.13. The van der Waals surface area contributed by atoms with Crippen molar-refractivity contribution >= 4 is 0 Å². The summed E-state index contributed by atoms with van der Waals surface area (Å²) in [7, 11) is 1.88. The summed E-state index contributed by atoms with van der Waals surface area (Å²) in [5.74, 6) is 1.24. The summed E-state index contributed by atoms with van der Waals surface area (Å²) in [4.78, 5) is 8.81. The minimum Gasteiger partial charge on any atom is -0.438 e. The molecule has 0 N–H and O–H groups in total. The van der Waals surface area contributed by atoms with E-state index in [1.165, 1.54) is 29.5 Å². The number of ether oxygens (including phenoxy) is 1. The third kappa shape index (κ3) is 3.40. The third-order valence-electron chi connectivity index (χ3n) is 5.61. The highest BCUT2D eigenvalue weighted by Crippen LogP contribution is 2.53. The van der Waals surface area contributed by atoms with Crippen LogP contribution in [0.25, 0.3) is 11.3 Å². The first kappa shape index (κ1) is 17.6. The second-order valence-electron chi connectivity index (χ2n) is 7.72. The van der Waals surface area contributed by atoms with Crippen LogP contribution in [0, 0.1) is 6.92 Å². The maximum atomic E-state index is 5.89. The number of aromatic nitrogens is 4. The first-order chi connectivity index (χ1) is 14.1. The quantitative estimate of drug-likeness (QED) is 0.484. The van der Waals surface area contributed by atoms with E-state index < -0.39 is 0 Å². The van der Waals surface area contributed by atoms with Gasteiger partial charge in [-0.05, 0) is 43.0 Å². The molecule has 2 aromatic carbocycles. The number of aryl methyl sites for hydroxylation is 2. The van der Waals surface area contributed by atoms with Gasteiger partial charge in [-0.3, -0.25) is 4.68 Å². The Morgan fingerprint density at radius 1 is 0.862 bits per heavy atom. The van der Waals surface area contributed by atoms with Gasteiger partial charge in [-0.1, -0.05) is 42.0 Å². The van der Waals surface area contributed by atoms with Crippen molar-refractivity contribution < 1.29 is 4.74 Å². The first-order valence-electron chi connectivity index (χ1n) is 9.79. The van der Waals surface area contributed by atoms with E-state index in [-0.39, 0.29) is 5.41 Å². The van der Waals surface area contributed by atoms with Crippen molar-refractivity contribution in [1.29, 1.82) is 0 Å². The average Bonchev–Trinajstić information content (AvgIpc) is 3.44. The molecule has 1 fully saturated rings. The van der Waals surface area contributed by atoms with E-state index in [1.807, 2.05) is 25.4 Å². The molecule has 5 heteroatoms. The molecule has 4 aromatic rings. The lowest BCUT2D eigenvalue weighted by Crippen LogP contribution is -2.08. The van der Waals surface area contributed by atoms with Crippen molar-refractivity contribution in [2.75, 3.05) is 0 Å². The largest absolute Gasteiger partial charge is 0.438 e. The molecular formula is C24H22N4O. The summed E-state index contributed by atoms with van der Waals surface area (Å²) in [6.07, 6.45) is 9.41. The van der Waals surface area contributed by atoms with Crippen molar-refractivity contribution in [3.63, 3.8) is 0 Å².